The quantitative estimate of drug-likeness (QED) is 0.709. The summed E-state index contributed by atoms with van der Waals surface area (Å²) in [6.07, 6.45) is 9.40. The Balaban J connectivity index is 1.28. The van der Waals surface area contributed by atoms with Crippen LogP contribution in [0.15, 0.2) is 36.9 Å². The summed E-state index contributed by atoms with van der Waals surface area (Å²) in [5.41, 5.74) is 2.03. The molecule has 2 saturated heterocycles. The van der Waals surface area contributed by atoms with Gasteiger partial charge in [0, 0.05) is 37.6 Å². The number of likely N-dealkylation sites (tertiary alicyclic amines) is 2. The van der Waals surface area contributed by atoms with Gasteiger partial charge in [0.25, 0.3) is 5.91 Å². The predicted molar refractivity (Wildman–Crippen MR) is 119 cm³/mol. The summed E-state index contributed by atoms with van der Waals surface area (Å²) in [6.45, 7) is 9.68. The number of aromatic nitrogens is 3. The maximum absolute atomic E-state index is 12.7. The molecule has 0 aliphatic carbocycles. The summed E-state index contributed by atoms with van der Waals surface area (Å²) in [6, 6.07) is 5.82. The van der Waals surface area contributed by atoms with Gasteiger partial charge in [-0.05, 0) is 62.2 Å². The van der Waals surface area contributed by atoms with E-state index in [1.54, 1.807) is 18.5 Å². The first-order valence-corrected chi connectivity index (χ1v) is 11.4. The molecule has 0 aromatic carbocycles. The van der Waals surface area contributed by atoms with E-state index >= 15 is 0 Å². The van der Waals surface area contributed by atoms with Crippen LogP contribution in [0.1, 0.15) is 55.6 Å². The average molecular weight is 424 g/mol. The van der Waals surface area contributed by atoms with Gasteiger partial charge in [0.05, 0.1) is 6.61 Å². The zero-order valence-corrected chi connectivity index (χ0v) is 18.7. The minimum absolute atomic E-state index is 0.0280. The number of carbonyl (C=O) groups is 1. The van der Waals surface area contributed by atoms with Crippen LogP contribution in [0, 0.1) is 11.3 Å². The van der Waals surface area contributed by atoms with Gasteiger partial charge < -0.3 is 9.64 Å². The van der Waals surface area contributed by atoms with Gasteiger partial charge in [-0.3, -0.25) is 9.69 Å². The Morgan fingerprint density at radius 2 is 1.81 bits per heavy atom. The SMILES string of the molecule is CC(C)COc1ncccc1CN1CCC2(CC1)CCN(C(=O)c1ccncn1)CC2. The number of pyridine rings is 1. The van der Waals surface area contributed by atoms with Crippen molar-refractivity contribution in [1.82, 2.24) is 24.8 Å². The van der Waals surface area contributed by atoms with Crippen LogP contribution in [0.5, 0.6) is 5.88 Å². The Kier molecular flexibility index (Phi) is 6.80. The summed E-state index contributed by atoms with van der Waals surface area (Å²) in [5.74, 6) is 1.28. The van der Waals surface area contributed by atoms with Crippen LogP contribution < -0.4 is 4.74 Å². The number of hydrogen-bond donors (Lipinski definition) is 0. The number of amides is 1. The van der Waals surface area contributed by atoms with Crippen molar-refractivity contribution < 1.29 is 9.53 Å². The van der Waals surface area contributed by atoms with Gasteiger partial charge >= 0.3 is 0 Å². The fourth-order valence-electron chi connectivity index (χ4n) is 4.61. The molecule has 166 valence electrons. The van der Waals surface area contributed by atoms with E-state index in [-0.39, 0.29) is 5.91 Å². The lowest BCUT2D eigenvalue weighted by Crippen LogP contribution is -2.48. The summed E-state index contributed by atoms with van der Waals surface area (Å²) in [7, 11) is 0. The molecule has 1 amide bonds. The smallest absolute Gasteiger partial charge is 0.272 e. The Hall–Kier alpha value is -2.54. The van der Waals surface area contributed by atoms with Gasteiger partial charge in [0.1, 0.15) is 12.0 Å². The van der Waals surface area contributed by atoms with Gasteiger partial charge in [-0.2, -0.15) is 0 Å². The monoisotopic (exact) mass is 423 g/mol. The molecule has 2 aromatic heterocycles. The van der Waals surface area contributed by atoms with E-state index in [0.717, 1.165) is 51.4 Å². The molecular weight excluding hydrogens is 390 g/mol. The second-order valence-electron chi connectivity index (χ2n) is 9.34. The summed E-state index contributed by atoms with van der Waals surface area (Å²) in [4.78, 5) is 29.6. The minimum Gasteiger partial charge on any atom is -0.477 e. The van der Waals surface area contributed by atoms with Crippen LogP contribution in [-0.4, -0.2) is 63.4 Å². The first kappa shape index (κ1) is 21.7. The first-order chi connectivity index (χ1) is 15.0. The zero-order valence-electron chi connectivity index (χ0n) is 18.7. The lowest BCUT2D eigenvalue weighted by molar-refractivity contribution is 0.0280. The van der Waals surface area contributed by atoms with Crippen LogP contribution in [0.2, 0.25) is 0 Å². The summed E-state index contributed by atoms with van der Waals surface area (Å²) < 4.78 is 5.94. The topological polar surface area (TPSA) is 71.5 Å². The largest absolute Gasteiger partial charge is 0.477 e. The van der Waals surface area contributed by atoms with Crippen LogP contribution in [0.4, 0.5) is 0 Å². The van der Waals surface area contributed by atoms with E-state index in [0.29, 0.717) is 23.6 Å². The molecule has 0 saturated carbocycles. The van der Waals surface area contributed by atoms with Crippen molar-refractivity contribution in [2.75, 3.05) is 32.8 Å². The van der Waals surface area contributed by atoms with Crippen LogP contribution >= 0.6 is 0 Å². The highest BCUT2D eigenvalue weighted by molar-refractivity contribution is 5.92. The second kappa shape index (κ2) is 9.73. The normalized spacial score (nSPS) is 19.0. The van der Waals surface area contributed by atoms with E-state index in [2.05, 4.69) is 39.8 Å². The Morgan fingerprint density at radius 1 is 1.06 bits per heavy atom. The van der Waals surface area contributed by atoms with Crippen molar-refractivity contribution in [3.63, 3.8) is 0 Å². The Morgan fingerprint density at radius 3 is 2.48 bits per heavy atom. The van der Waals surface area contributed by atoms with Gasteiger partial charge in [0.2, 0.25) is 5.88 Å². The molecule has 7 nitrogen and oxygen atoms in total. The molecule has 4 heterocycles. The highest BCUT2D eigenvalue weighted by Gasteiger charge is 2.38. The predicted octanol–water partition coefficient (Wildman–Crippen LogP) is 3.42. The molecule has 2 aliphatic heterocycles. The van der Waals surface area contributed by atoms with Crippen LogP contribution in [0.25, 0.3) is 0 Å². The van der Waals surface area contributed by atoms with Crippen molar-refractivity contribution in [2.45, 2.75) is 46.1 Å². The summed E-state index contributed by atoms with van der Waals surface area (Å²) >= 11 is 0. The van der Waals surface area contributed by atoms with Crippen molar-refractivity contribution in [3.05, 3.63) is 48.2 Å². The van der Waals surface area contributed by atoms with Gasteiger partial charge in [-0.25, -0.2) is 15.0 Å². The second-order valence-corrected chi connectivity index (χ2v) is 9.34. The average Bonchev–Trinajstić information content (AvgIpc) is 2.81. The molecule has 0 atom stereocenters. The molecule has 4 rings (SSSR count). The molecule has 7 heteroatoms. The molecule has 2 aliphatic rings. The zero-order chi connectivity index (χ0) is 21.7. The van der Waals surface area contributed by atoms with Gasteiger partial charge in [0.15, 0.2) is 0 Å². The number of rotatable bonds is 6. The molecule has 0 radical (unpaired) electrons. The van der Waals surface area contributed by atoms with E-state index in [1.165, 1.54) is 24.7 Å². The van der Waals surface area contributed by atoms with Crippen LogP contribution in [-0.2, 0) is 6.54 Å². The lowest BCUT2D eigenvalue weighted by atomic mass is 9.71. The third-order valence-corrected chi connectivity index (χ3v) is 6.63. The first-order valence-electron chi connectivity index (χ1n) is 11.4. The van der Waals surface area contributed by atoms with E-state index in [9.17, 15) is 4.79 Å². The van der Waals surface area contributed by atoms with E-state index in [1.807, 2.05) is 11.0 Å². The van der Waals surface area contributed by atoms with Gasteiger partial charge in [-0.1, -0.05) is 19.9 Å². The molecule has 0 N–H and O–H groups in total. The minimum atomic E-state index is 0.0280. The molecule has 0 unspecified atom stereocenters. The lowest BCUT2D eigenvalue weighted by Gasteiger charge is -2.46. The van der Waals surface area contributed by atoms with Crippen molar-refractivity contribution in [2.24, 2.45) is 11.3 Å². The van der Waals surface area contributed by atoms with Gasteiger partial charge in [-0.15, -0.1) is 0 Å². The maximum Gasteiger partial charge on any atom is 0.272 e. The molecule has 31 heavy (non-hydrogen) atoms. The Bertz CT molecular complexity index is 855. The van der Waals surface area contributed by atoms with Crippen LogP contribution in [0.3, 0.4) is 0 Å². The molecule has 2 aromatic rings. The molecule has 0 bridgehead atoms. The van der Waals surface area contributed by atoms with E-state index in [4.69, 9.17) is 4.74 Å². The standard InChI is InChI=1S/C24H33N5O2/c1-19(2)17-31-22-20(4-3-10-26-22)16-28-12-6-24(7-13-28)8-14-29(15-9-24)23(30)21-5-11-25-18-27-21/h3-5,10-11,18-19H,6-9,12-17H2,1-2H3. The number of carbonyl (C=O) groups excluding carboxylic acids is 1. The number of piperidine rings is 2. The highest BCUT2D eigenvalue weighted by atomic mass is 16.5. The van der Waals surface area contributed by atoms with E-state index < -0.39 is 0 Å². The molecule has 2 fully saturated rings. The fourth-order valence-corrected chi connectivity index (χ4v) is 4.61. The molecular formula is C24H33N5O2. The number of ether oxygens (including phenoxy) is 1. The maximum atomic E-state index is 12.7. The van der Waals surface area contributed by atoms with Crippen molar-refractivity contribution in [3.8, 4) is 5.88 Å². The van der Waals surface area contributed by atoms with Crippen molar-refractivity contribution >= 4 is 5.91 Å². The summed E-state index contributed by atoms with van der Waals surface area (Å²) in [5, 5.41) is 0. The number of nitrogens with zero attached hydrogens (tertiary/aromatic N) is 5. The van der Waals surface area contributed by atoms with Crippen molar-refractivity contribution in [1.29, 1.82) is 0 Å². The third-order valence-electron chi connectivity index (χ3n) is 6.63. The number of hydrogen-bond acceptors (Lipinski definition) is 6. The Labute approximate surface area is 184 Å². The third kappa shape index (κ3) is 5.39. The fraction of sp³-hybridized carbons (Fsp3) is 0.583. The highest BCUT2D eigenvalue weighted by Crippen LogP contribution is 2.41. The molecule has 1 spiro atoms.